The topological polar surface area (TPSA) is 64.3 Å². The number of hydrogen-bond acceptors (Lipinski definition) is 3. The Bertz CT molecular complexity index is 1450. The first-order chi connectivity index (χ1) is 19.7. The first-order valence-corrected chi connectivity index (χ1v) is 13.8. The second kappa shape index (κ2) is 12.2. The molecule has 1 unspecified atom stereocenters. The van der Waals surface area contributed by atoms with Gasteiger partial charge < -0.3 is 15.2 Å². The minimum absolute atomic E-state index is 0.0401. The van der Waals surface area contributed by atoms with Gasteiger partial charge in [-0.25, -0.2) is 9.78 Å². The molecule has 3 aromatic carbocycles. The van der Waals surface area contributed by atoms with Crippen molar-refractivity contribution < 1.29 is 18.0 Å². The Morgan fingerprint density at radius 3 is 2.46 bits per heavy atom. The number of alkyl halides is 3. The monoisotopic (exact) mass is 561 g/mol. The van der Waals surface area contributed by atoms with Crippen LogP contribution in [0.5, 0.6) is 0 Å². The lowest BCUT2D eigenvalue weighted by Gasteiger charge is -2.41. The summed E-state index contributed by atoms with van der Waals surface area (Å²) in [6, 6.07) is 21.4. The molecule has 0 spiro atoms. The Hall–Kier alpha value is -4.11. The van der Waals surface area contributed by atoms with Gasteiger partial charge in [0, 0.05) is 37.6 Å². The van der Waals surface area contributed by atoms with E-state index in [4.69, 9.17) is 0 Å². The van der Waals surface area contributed by atoms with Crippen molar-refractivity contribution in [1.29, 1.82) is 0 Å². The van der Waals surface area contributed by atoms with E-state index >= 15 is 0 Å². The molecule has 2 amide bonds. The predicted molar refractivity (Wildman–Crippen MR) is 153 cm³/mol. The van der Waals surface area contributed by atoms with Gasteiger partial charge in [0.2, 0.25) is 0 Å². The van der Waals surface area contributed by atoms with Crippen LogP contribution in [0.2, 0.25) is 0 Å². The summed E-state index contributed by atoms with van der Waals surface area (Å²) in [4.78, 5) is 24.9. The maximum Gasteiger partial charge on any atom is 0.416 e. The standard InChI is InChI=1S/C32H34F3N5O/c1-22-7-6-8-24(17-22)20-40(31(41)38-26-9-4-3-5-10-26)27-13-15-39(16-14-27)30(29-19-36-21-37-29)25-12-11-23(2)28(18-25)32(33,34)35/h3-12,17-19,21,27,30H,13-16,20H2,1-2H3,(H,36,37)(H,38,41). The molecule has 41 heavy (non-hydrogen) atoms. The second-order valence-corrected chi connectivity index (χ2v) is 10.7. The van der Waals surface area contributed by atoms with Crippen LogP contribution in [0.15, 0.2) is 85.3 Å². The summed E-state index contributed by atoms with van der Waals surface area (Å²) in [6.07, 6.45) is 0.133. The van der Waals surface area contributed by atoms with E-state index in [1.165, 1.54) is 19.1 Å². The molecule has 4 aromatic rings. The highest BCUT2D eigenvalue weighted by Gasteiger charge is 2.36. The smallest absolute Gasteiger partial charge is 0.347 e. The van der Waals surface area contributed by atoms with Gasteiger partial charge >= 0.3 is 12.2 Å². The van der Waals surface area contributed by atoms with Crippen molar-refractivity contribution in [3.8, 4) is 0 Å². The highest BCUT2D eigenvalue weighted by molar-refractivity contribution is 5.89. The molecule has 1 aliphatic rings. The maximum absolute atomic E-state index is 13.8. The third kappa shape index (κ3) is 6.79. The number of carbonyl (C=O) groups excluding carboxylic acids is 1. The molecule has 0 radical (unpaired) electrons. The molecule has 1 aliphatic heterocycles. The molecule has 0 saturated carbocycles. The molecular weight excluding hydrogens is 527 g/mol. The number of H-pyrrole nitrogens is 1. The number of aromatic amines is 1. The number of anilines is 1. The van der Waals surface area contributed by atoms with Crippen molar-refractivity contribution in [2.45, 2.75) is 51.5 Å². The van der Waals surface area contributed by atoms with Gasteiger partial charge in [-0.15, -0.1) is 0 Å². The van der Waals surface area contributed by atoms with E-state index in [0.717, 1.165) is 22.5 Å². The average Bonchev–Trinajstić information content (AvgIpc) is 3.48. The van der Waals surface area contributed by atoms with Crippen LogP contribution in [-0.4, -0.2) is 44.9 Å². The average molecular weight is 562 g/mol. The van der Waals surface area contributed by atoms with Crippen molar-refractivity contribution in [3.63, 3.8) is 0 Å². The summed E-state index contributed by atoms with van der Waals surface area (Å²) in [5, 5.41) is 3.04. The number of nitrogens with one attached hydrogen (secondary N) is 2. The summed E-state index contributed by atoms with van der Waals surface area (Å²) in [5.41, 5.74) is 3.76. The largest absolute Gasteiger partial charge is 0.416 e. The SMILES string of the molecule is Cc1cccc(CN(C(=O)Nc2ccccc2)C2CCN(C(c3ccc(C)c(C(F)(F)F)c3)c3cnc[nH]3)CC2)c1. The van der Waals surface area contributed by atoms with Crippen molar-refractivity contribution in [2.24, 2.45) is 0 Å². The third-order valence-corrected chi connectivity index (χ3v) is 7.72. The zero-order valence-electron chi connectivity index (χ0n) is 23.2. The second-order valence-electron chi connectivity index (χ2n) is 10.7. The number of imidazole rings is 1. The summed E-state index contributed by atoms with van der Waals surface area (Å²) < 4.78 is 41.3. The molecular formula is C32H34F3N5O. The number of halogens is 3. The number of hydrogen-bond donors (Lipinski definition) is 2. The quantitative estimate of drug-likeness (QED) is 0.248. The number of amides is 2. The molecule has 0 aliphatic carbocycles. The number of rotatable bonds is 7. The van der Waals surface area contributed by atoms with Crippen LogP contribution >= 0.6 is 0 Å². The van der Waals surface area contributed by atoms with Gasteiger partial charge in [-0.1, -0.05) is 60.2 Å². The van der Waals surface area contributed by atoms with Crippen LogP contribution in [0.4, 0.5) is 23.7 Å². The molecule has 0 bridgehead atoms. The molecule has 1 saturated heterocycles. The van der Waals surface area contributed by atoms with E-state index in [1.54, 1.807) is 18.6 Å². The number of urea groups is 1. The van der Waals surface area contributed by atoms with E-state index in [1.807, 2.05) is 60.4 Å². The molecule has 5 rings (SSSR count). The summed E-state index contributed by atoms with van der Waals surface area (Å²) in [7, 11) is 0. The van der Waals surface area contributed by atoms with Gasteiger partial charge in [0.25, 0.3) is 0 Å². The number of likely N-dealkylation sites (tertiary alicyclic amines) is 1. The first kappa shape index (κ1) is 28.4. The Balaban J connectivity index is 1.38. The van der Waals surface area contributed by atoms with Crippen LogP contribution in [0.3, 0.4) is 0 Å². The van der Waals surface area contributed by atoms with Gasteiger partial charge in [0.1, 0.15) is 0 Å². The number of carbonyl (C=O) groups is 1. The molecule has 1 fully saturated rings. The van der Waals surface area contributed by atoms with E-state index in [-0.39, 0.29) is 17.6 Å². The number of piperidine rings is 1. The van der Waals surface area contributed by atoms with Gasteiger partial charge in [-0.2, -0.15) is 13.2 Å². The highest BCUT2D eigenvalue weighted by Crippen LogP contribution is 2.37. The Morgan fingerprint density at radius 2 is 1.80 bits per heavy atom. The highest BCUT2D eigenvalue weighted by atomic mass is 19.4. The Kier molecular flexibility index (Phi) is 8.44. The number of benzene rings is 3. The minimum atomic E-state index is -4.44. The predicted octanol–water partition coefficient (Wildman–Crippen LogP) is 7.33. The lowest BCUT2D eigenvalue weighted by atomic mass is 9.94. The maximum atomic E-state index is 13.8. The molecule has 1 aromatic heterocycles. The summed E-state index contributed by atoms with van der Waals surface area (Å²) >= 11 is 0. The molecule has 2 N–H and O–H groups in total. The number of nitrogens with zero attached hydrogens (tertiary/aromatic N) is 3. The van der Waals surface area contributed by atoms with Crippen LogP contribution in [0.25, 0.3) is 0 Å². The molecule has 9 heteroatoms. The van der Waals surface area contributed by atoms with Crippen molar-refractivity contribution in [1.82, 2.24) is 19.8 Å². The van der Waals surface area contributed by atoms with Crippen molar-refractivity contribution >= 4 is 11.7 Å². The van der Waals surface area contributed by atoms with Crippen LogP contribution in [0, 0.1) is 13.8 Å². The van der Waals surface area contributed by atoms with Crippen LogP contribution < -0.4 is 5.32 Å². The molecule has 214 valence electrons. The lowest BCUT2D eigenvalue weighted by Crippen LogP contribution is -2.49. The fraction of sp³-hybridized carbons (Fsp3) is 0.312. The van der Waals surface area contributed by atoms with Crippen LogP contribution in [0.1, 0.15) is 52.4 Å². The zero-order valence-corrected chi connectivity index (χ0v) is 23.2. The molecule has 1 atom stereocenters. The van der Waals surface area contributed by atoms with Gasteiger partial charge in [-0.05, 0) is 61.6 Å². The van der Waals surface area contributed by atoms with E-state index in [2.05, 4.69) is 26.3 Å². The van der Waals surface area contributed by atoms with Crippen LogP contribution in [-0.2, 0) is 12.7 Å². The third-order valence-electron chi connectivity index (χ3n) is 7.72. The zero-order chi connectivity index (χ0) is 29.0. The Labute approximate surface area is 238 Å². The summed E-state index contributed by atoms with van der Waals surface area (Å²) in [5.74, 6) is 0. The van der Waals surface area contributed by atoms with Gasteiger partial charge in [-0.3, -0.25) is 4.90 Å². The van der Waals surface area contributed by atoms with Gasteiger partial charge in [0.05, 0.1) is 23.6 Å². The molecule has 6 nitrogen and oxygen atoms in total. The van der Waals surface area contributed by atoms with Gasteiger partial charge in [0.15, 0.2) is 0 Å². The number of aryl methyl sites for hydroxylation is 2. The lowest BCUT2D eigenvalue weighted by molar-refractivity contribution is -0.138. The van der Waals surface area contributed by atoms with Crippen molar-refractivity contribution in [2.75, 3.05) is 18.4 Å². The number of para-hydroxylation sites is 1. The van der Waals surface area contributed by atoms with Crippen molar-refractivity contribution in [3.05, 3.63) is 119 Å². The van der Waals surface area contributed by atoms with E-state index < -0.39 is 17.8 Å². The minimum Gasteiger partial charge on any atom is -0.347 e. The molecule has 2 heterocycles. The number of aromatic nitrogens is 2. The Morgan fingerprint density at radius 1 is 1.05 bits per heavy atom. The van der Waals surface area contributed by atoms with E-state index in [0.29, 0.717) is 38.0 Å². The summed E-state index contributed by atoms with van der Waals surface area (Å²) in [6.45, 7) is 5.18. The van der Waals surface area contributed by atoms with E-state index in [9.17, 15) is 18.0 Å². The fourth-order valence-corrected chi connectivity index (χ4v) is 5.66. The fourth-order valence-electron chi connectivity index (χ4n) is 5.66. The first-order valence-electron chi connectivity index (χ1n) is 13.8. The normalized spacial score (nSPS) is 15.4.